The van der Waals surface area contributed by atoms with Crippen molar-refractivity contribution >= 4 is 5.82 Å². The maximum Gasteiger partial charge on any atom is 0.133 e. The average Bonchev–Trinajstić information content (AvgIpc) is 2.48. The topological polar surface area (TPSA) is 51.4 Å². The van der Waals surface area contributed by atoms with Crippen molar-refractivity contribution in [1.82, 2.24) is 4.98 Å². The highest BCUT2D eigenvalue weighted by atomic mass is 16.5. The van der Waals surface area contributed by atoms with Crippen LogP contribution in [0.5, 0.6) is 0 Å². The largest absolute Gasteiger partial charge is 0.375 e. The number of aryl methyl sites for hydroxylation is 2. The van der Waals surface area contributed by atoms with E-state index in [4.69, 9.17) is 15.5 Å². The first-order valence-corrected chi connectivity index (χ1v) is 7.79. The van der Waals surface area contributed by atoms with E-state index in [-0.39, 0.29) is 6.10 Å². The number of ether oxygens (including phenoxy) is 1. The van der Waals surface area contributed by atoms with E-state index in [1.807, 2.05) is 0 Å². The molecule has 1 fully saturated rings. The molecule has 20 heavy (non-hydrogen) atoms. The predicted molar refractivity (Wildman–Crippen MR) is 81.0 cm³/mol. The summed E-state index contributed by atoms with van der Waals surface area (Å²) >= 11 is 0. The first kappa shape index (κ1) is 13.8. The SMILES string of the molecule is CC1CN(c2nc3c(cc2CN)CCCC3)C(C)CO1. The van der Waals surface area contributed by atoms with Gasteiger partial charge in [0.1, 0.15) is 5.82 Å². The summed E-state index contributed by atoms with van der Waals surface area (Å²) in [6, 6.07) is 2.66. The third-order valence-corrected chi connectivity index (χ3v) is 4.46. The fraction of sp³-hybridized carbons (Fsp3) is 0.688. The van der Waals surface area contributed by atoms with Gasteiger partial charge in [0.25, 0.3) is 0 Å². The fourth-order valence-electron chi connectivity index (χ4n) is 3.27. The monoisotopic (exact) mass is 275 g/mol. The molecule has 2 aliphatic rings. The van der Waals surface area contributed by atoms with E-state index in [1.54, 1.807) is 0 Å². The Bertz CT molecular complexity index is 489. The molecule has 2 atom stereocenters. The van der Waals surface area contributed by atoms with Crippen LogP contribution < -0.4 is 10.6 Å². The maximum atomic E-state index is 5.97. The number of hydrogen-bond acceptors (Lipinski definition) is 4. The minimum atomic E-state index is 0.259. The lowest BCUT2D eigenvalue weighted by Crippen LogP contribution is -2.48. The third-order valence-electron chi connectivity index (χ3n) is 4.46. The van der Waals surface area contributed by atoms with Crippen molar-refractivity contribution in [3.8, 4) is 0 Å². The van der Waals surface area contributed by atoms with Gasteiger partial charge in [-0.2, -0.15) is 0 Å². The van der Waals surface area contributed by atoms with Crippen LogP contribution >= 0.6 is 0 Å². The molecule has 1 aromatic heterocycles. The molecule has 2 heterocycles. The Hall–Kier alpha value is -1.13. The van der Waals surface area contributed by atoms with Gasteiger partial charge >= 0.3 is 0 Å². The van der Waals surface area contributed by atoms with Crippen molar-refractivity contribution in [3.05, 3.63) is 22.9 Å². The minimum absolute atomic E-state index is 0.259. The molecule has 3 rings (SSSR count). The van der Waals surface area contributed by atoms with Crippen molar-refractivity contribution in [2.45, 2.75) is 58.2 Å². The molecule has 2 unspecified atom stereocenters. The van der Waals surface area contributed by atoms with E-state index in [0.29, 0.717) is 12.6 Å². The van der Waals surface area contributed by atoms with Gasteiger partial charge in [-0.05, 0) is 51.2 Å². The summed E-state index contributed by atoms with van der Waals surface area (Å²) in [4.78, 5) is 7.36. The van der Waals surface area contributed by atoms with Gasteiger partial charge in [-0.15, -0.1) is 0 Å². The molecule has 4 nitrogen and oxygen atoms in total. The van der Waals surface area contributed by atoms with Crippen LogP contribution in [0.2, 0.25) is 0 Å². The molecule has 0 spiro atoms. The Kier molecular flexibility index (Phi) is 3.94. The van der Waals surface area contributed by atoms with Crippen LogP contribution in [0.3, 0.4) is 0 Å². The molecule has 0 saturated carbocycles. The number of pyridine rings is 1. The van der Waals surface area contributed by atoms with Crippen LogP contribution in [0, 0.1) is 0 Å². The second kappa shape index (κ2) is 5.70. The molecule has 1 saturated heterocycles. The number of nitrogens with zero attached hydrogens (tertiary/aromatic N) is 2. The Morgan fingerprint density at radius 1 is 1.35 bits per heavy atom. The normalized spacial score (nSPS) is 26.4. The van der Waals surface area contributed by atoms with Gasteiger partial charge in [-0.1, -0.05) is 0 Å². The first-order chi connectivity index (χ1) is 9.69. The van der Waals surface area contributed by atoms with Crippen LogP contribution in [0.25, 0.3) is 0 Å². The Balaban J connectivity index is 1.98. The second-order valence-corrected chi connectivity index (χ2v) is 6.13. The van der Waals surface area contributed by atoms with E-state index in [0.717, 1.165) is 31.8 Å². The van der Waals surface area contributed by atoms with E-state index in [1.165, 1.54) is 29.7 Å². The number of aromatic nitrogens is 1. The summed E-state index contributed by atoms with van der Waals surface area (Å²) in [7, 11) is 0. The summed E-state index contributed by atoms with van der Waals surface area (Å²) < 4.78 is 5.73. The molecular weight excluding hydrogens is 250 g/mol. The minimum Gasteiger partial charge on any atom is -0.375 e. The lowest BCUT2D eigenvalue weighted by atomic mass is 9.94. The van der Waals surface area contributed by atoms with Crippen LogP contribution in [0.15, 0.2) is 6.07 Å². The van der Waals surface area contributed by atoms with Crippen molar-refractivity contribution in [2.24, 2.45) is 5.73 Å². The zero-order chi connectivity index (χ0) is 14.1. The number of anilines is 1. The number of morpholine rings is 1. The van der Waals surface area contributed by atoms with E-state index in [2.05, 4.69) is 24.8 Å². The predicted octanol–water partition coefficient (Wildman–Crippen LogP) is 2.03. The van der Waals surface area contributed by atoms with Crippen LogP contribution in [0.1, 0.15) is 43.5 Å². The highest BCUT2D eigenvalue weighted by Gasteiger charge is 2.27. The van der Waals surface area contributed by atoms with Crippen molar-refractivity contribution in [3.63, 3.8) is 0 Å². The van der Waals surface area contributed by atoms with Crippen LogP contribution in [0.4, 0.5) is 5.82 Å². The van der Waals surface area contributed by atoms with Gasteiger partial charge in [0.05, 0.1) is 18.8 Å². The van der Waals surface area contributed by atoms with Gasteiger partial charge in [-0.3, -0.25) is 0 Å². The molecule has 110 valence electrons. The lowest BCUT2D eigenvalue weighted by molar-refractivity contribution is 0.0339. The number of rotatable bonds is 2. The fourth-order valence-corrected chi connectivity index (χ4v) is 3.27. The molecule has 1 aliphatic carbocycles. The highest BCUT2D eigenvalue weighted by molar-refractivity contribution is 5.51. The first-order valence-electron chi connectivity index (χ1n) is 7.79. The van der Waals surface area contributed by atoms with E-state index in [9.17, 15) is 0 Å². The molecule has 2 N–H and O–H groups in total. The summed E-state index contributed by atoms with van der Waals surface area (Å²) in [5.74, 6) is 1.09. The van der Waals surface area contributed by atoms with Gasteiger partial charge < -0.3 is 15.4 Å². The third kappa shape index (κ3) is 2.54. The Morgan fingerprint density at radius 2 is 2.15 bits per heavy atom. The van der Waals surface area contributed by atoms with E-state index >= 15 is 0 Å². The Labute approximate surface area is 121 Å². The van der Waals surface area contributed by atoms with Gasteiger partial charge in [0.15, 0.2) is 0 Å². The summed E-state index contributed by atoms with van der Waals surface area (Å²) in [5, 5.41) is 0. The smallest absolute Gasteiger partial charge is 0.133 e. The number of fused-ring (bicyclic) bond motifs is 1. The van der Waals surface area contributed by atoms with Gasteiger partial charge in [0, 0.05) is 24.3 Å². The van der Waals surface area contributed by atoms with Gasteiger partial charge in [-0.25, -0.2) is 4.98 Å². The molecular formula is C16H25N3O. The standard InChI is InChI=1S/C16H25N3O/c1-11-10-20-12(2)9-19(11)16-14(8-17)7-13-5-3-4-6-15(13)18-16/h7,11-12H,3-6,8-10,17H2,1-2H3. The molecule has 1 aromatic rings. The van der Waals surface area contributed by atoms with E-state index < -0.39 is 0 Å². The summed E-state index contributed by atoms with van der Waals surface area (Å²) in [6.45, 7) is 6.56. The summed E-state index contributed by atoms with van der Waals surface area (Å²) in [6.07, 6.45) is 5.07. The zero-order valence-electron chi connectivity index (χ0n) is 12.6. The quantitative estimate of drug-likeness (QED) is 0.897. The molecule has 1 aliphatic heterocycles. The van der Waals surface area contributed by atoms with Crippen LogP contribution in [-0.2, 0) is 24.1 Å². The molecule has 0 bridgehead atoms. The highest BCUT2D eigenvalue weighted by Crippen LogP contribution is 2.29. The molecule has 0 aromatic carbocycles. The molecule has 4 heteroatoms. The van der Waals surface area contributed by atoms with Gasteiger partial charge in [0.2, 0.25) is 0 Å². The van der Waals surface area contributed by atoms with Crippen molar-refractivity contribution < 1.29 is 4.74 Å². The average molecular weight is 275 g/mol. The van der Waals surface area contributed by atoms with Crippen molar-refractivity contribution in [2.75, 3.05) is 18.1 Å². The Morgan fingerprint density at radius 3 is 2.95 bits per heavy atom. The number of nitrogens with two attached hydrogens (primary N) is 1. The summed E-state index contributed by atoms with van der Waals surface area (Å²) in [5.41, 5.74) is 9.86. The second-order valence-electron chi connectivity index (χ2n) is 6.13. The van der Waals surface area contributed by atoms with Crippen LogP contribution in [-0.4, -0.2) is 30.3 Å². The maximum absolute atomic E-state index is 5.97. The number of hydrogen-bond donors (Lipinski definition) is 1. The molecule has 0 amide bonds. The lowest BCUT2D eigenvalue weighted by Gasteiger charge is -2.39. The zero-order valence-corrected chi connectivity index (χ0v) is 12.6. The molecule has 0 radical (unpaired) electrons. The van der Waals surface area contributed by atoms with Crippen molar-refractivity contribution in [1.29, 1.82) is 0 Å².